The standard InChI is InChI=1S/C20H21N3O2S3/c1-13-4-9-17(14(2)10-13)21-18(24)12-27-20-23-22-19(28-20)26-11-15-5-7-16(25-3)8-6-15/h4-10H,11-12H2,1-3H3,(H,21,24). The van der Waals surface area contributed by atoms with Crippen LogP contribution in [0.1, 0.15) is 16.7 Å². The zero-order valence-corrected chi connectivity index (χ0v) is 18.3. The first-order chi connectivity index (χ1) is 13.5. The normalized spacial score (nSPS) is 10.7. The summed E-state index contributed by atoms with van der Waals surface area (Å²) in [5.41, 5.74) is 4.29. The van der Waals surface area contributed by atoms with Gasteiger partial charge in [0.15, 0.2) is 8.68 Å². The molecule has 0 saturated carbocycles. The molecule has 0 saturated heterocycles. The first-order valence-corrected chi connectivity index (χ1v) is 11.4. The fourth-order valence-electron chi connectivity index (χ4n) is 2.45. The molecule has 2 aromatic carbocycles. The molecule has 1 aromatic heterocycles. The summed E-state index contributed by atoms with van der Waals surface area (Å²) in [6, 6.07) is 14.0. The van der Waals surface area contributed by atoms with Gasteiger partial charge in [-0.15, -0.1) is 10.2 Å². The lowest BCUT2D eigenvalue weighted by molar-refractivity contribution is -0.113. The topological polar surface area (TPSA) is 64.1 Å². The maximum absolute atomic E-state index is 12.2. The van der Waals surface area contributed by atoms with Gasteiger partial charge in [-0.3, -0.25) is 4.79 Å². The van der Waals surface area contributed by atoms with E-state index in [-0.39, 0.29) is 5.91 Å². The Hall–Kier alpha value is -2.03. The number of nitrogens with one attached hydrogen (secondary N) is 1. The van der Waals surface area contributed by atoms with Crippen LogP contribution in [0.5, 0.6) is 5.75 Å². The Morgan fingerprint density at radius 3 is 2.46 bits per heavy atom. The molecule has 0 bridgehead atoms. The molecule has 0 aliphatic heterocycles. The molecule has 0 atom stereocenters. The number of amides is 1. The van der Waals surface area contributed by atoms with E-state index in [4.69, 9.17) is 4.74 Å². The first kappa shape index (κ1) is 20.7. The highest BCUT2D eigenvalue weighted by molar-refractivity contribution is 8.03. The molecule has 0 aliphatic carbocycles. The van der Waals surface area contributed by atoms with E-state index in [9.17, 15) is 4.79 Å². The number of aryl methyl sites for hydroxylation is 2. The second-order valence-electron chi connectivity index (χ2n) is 6.13. The Bertz CT molecular complexity index is 942. The minimum Gasteiger partial charge on any atom is -0.497 e. The number of carbonyl (C=O) groups excluding carboxylic acids is 1. The van der Waals surface area contributed by atoms with Crippen molar-refractivity contribution in [3.05, 3.63) is 59.2 Å². The smallest absolute Gasteiger partial charge is 0.234 e. The van der Waals surface area contributed by atoms with Crippen LogP contribution in [-0.2, 0) is 10.5 Å². The number of hydrogen-bond donors (Lipinski definition) is 1. The maximum atomic E-state index is 12.2. The molecule has 1 heterocycles. The summed E-state index contributed by atoms with van der Waals surface area (Å²) in [5.74, 6) is 1.93. The van der Waals surface area contributed by atoms with Crippen molar-refractivity contribution in [1.29, 1.82) is 0 Å². The highest BCUT2D eigenvalue weighted by atomic mass is 32.2. The number of ether oxygens (including phenoxy) is 1. The van der Waals surface area contributed by atoms with E-state index in [0.717, 1.165) is 31.4 Å². The Labute approximate surface area is 177 Å². The number of anilines is 1. The highest BCUT2D eigenvalue weighted by Gasteiger charge is 2.10. The van der Waals surface area contributed by atoms with Crippen LogP contribution in [0.25, 0.3) is 0 Å². The number of carbonyl (C=O) groups is 1. The predicted molar refractivity (Wildman–Crippen MR) is 118 cm³/mol. The third kappa shape index (κ3) is 5.98. The second-order valence-corrected chi connectivity index (χ2v) is 9.55. The van der Waals surface area contributed by atoms with Gasteiger partial charge in [0, 0.05) is 11.4 Å². The van der Waals surface area contributed by atoms with Gasteiger partial charge in [-0.2, -0.15) is 0 Å². The molecule has 8 heteroatoms. The fourth-order valence-corrected chi connectivity index (χ4v) is 5.22. The Morgan fingerprint density at radius 2 is 1.79 bits per heavy atom. The van der Waals surface area contributed by atoms with Gasteiger partial charge in [0.1, 0.15) is 5.75 Å². The van der Waals surface area contributed by atoms with Crippen LogP contribution >= 0.6 is 34.9 Å². The molecular formula is C20H21N3O2S3. The minimum absolute atomic E-state index is 0.0420. The number of aromatic nitrogens is 2. The molecule has 1 amide bonds. The molecule has 0 radical (unpaired) electrons. The Balaban J connectivity index is 1.46. The quantitative estimate of drug-likeness (QED) is 0.496. The summed E-state index contributed by atoms with van der Waals surface area (Å²) in [5, 5.41) is 11.3. The van der Waals surface area contributed by atoms with Crippen LogP contribution in [0.15, 0.2) is 51.1 Å². The Kier molecular flexibility index (Phi) is 7.36. The summed E-state index contributed by atoms with van der Waals surface area (Å²) in [6.45, 7) is 4.03. The molecule has 0 unspecified atom stereocenters. The average molecular weight is 432 g/mol. The van der Waals surface area contributed by atoms with Crippen LogP contribution < -0.4 is 10.1 Å². The van der Waals surface area contributed by atoms with E-state index in [0.29, 0.717) is 5.75 Å². The molecule has 0 spiro atoms. The number of benzene rings is 2. The van der Waals surface area contributed by atoms with Crippen molar-refractivity contribution < 1.29 is 9.53 Å². The van der Waals surface area contributed by atoms with Gasteiger partial charge in [0.2, 0.25) is 5.91 Å². The lowest BCUT2D eigenvalue weighted by atomic mass is 10.1. The zero-order valence-electron chi connectivity index (χ0n) is 15.9. The summed E-state index contributed by atoms with van der Waals surface area (Å²) >= 11 is 4.56. The minimum atomic E-state index is -0.0420. The molecule has 5 nitrogen and oxygen atoms in total. The van der Waals surface area contributed by atoms with Gasteiger partial charge in [-0.05, 0) is 43.2 Å². The van der Waals surface area contributed by atoms with Gasteiger partial charge in [0.25, 0.3) is 0 Å². The summed E-state index contributed by atoms with van der Waals surface area (Å²) in [7, 11) is 1.66. The van der Waals surface area contributed by atoms with Crippen LogP contribution in [0, 0.1) is 13.8 Å². The molecule has 1 N–H and O–H groups in total. The van der Waals surface area contributed by atoms with Crippen molar-refractivity contribution in [2.24, 2.45) is 0 Å². The lowest BCUT2D eigenvalue weighted by Gasteiger charge is -2.08. The summed E-state index contributed by atoms with van der Waals surface area (Å²) in [6.07, 6.45) is 0. The fraction of sp³-hybridized carbons (Fsp3) is 0.250. The molecule has 28 heavy (non-hydrogen) atoms. The zero-order chi connectivity index (χ0) is 19.9. The van der Waals surface area contributed by atoms with Crippen LogP contribution in [-0.4, -0.2) is 29.0 Å². The van der Waals surface area contributed by atoms with Gasteiger partial charge in [0.05, 0.1) is 12.9 Å². The largest absolute Gasteiger partial charge is 0.497 e. The van der Waals surface area contributed by atoms with Crippen molar-refractivity contribution >= 4 is 46.5 Å². The van der Waals surface area contributed by atoms with Crippen molar-refractivity contribution in [2.45, 2.75) is 28.3 Å². The van der Waals surface area contributed by atoms with Gasteiger partial charge >= 0.3 is 0 Å². The van der Waals surface area contributed by atoms with E-state index in [2.05, 4.69) is 21.6 Å². The monoisotopic (exact) mass is 431 g/mol. The number of thioether (sulfide) groups is 2. The van der Waals surface area contributed by atoms with Crippen molar-refractivity contribution in [1.82, 2.24) is 10.2 Å². The van der Waals surface area contributed by atoms with Gasteiger partial charge in [-0.1, -0.05) is 64.7 Å². The molecule has 146 valence electrons. The van der Waals surface area contributed by atoms with E-state index in [1.165, 1.54) is 34.2 Å². The van der Waals surface area contributed by atoms with Crippen molar-refractivity contribution in [3.63, 3.8) is 0 Å². The number of hydrogen-bond acceptors (Lipinski definition) is 7. The van der Waals surface area contributed by atoms with Crippen LogP contribution in [0.3, 0.4) is 0 Å². The molecule has 3 aromatic rings. The van der Waals surface area contributed by atoms with Crippen LogP contribution in [0.2, 0.25) is 0 Å². The third-order valence-electron chi connectivity index (χ3n) is 3.89. The van der Waals surface area contributed by atoms with Crippen molar-refractivity contribution in [3.8, 4) is 5.75 Å². The van der Waals surface area contributed by atoms with Crippen LogP contribution in [0.4, 0.5) is 5.69 Å². The van der Waals surface area contributed by atoms with E-state index >= 15 is 0 Å². The number of methoxy groups -OCH3 is 1. The number of nitrogens with zero attached hydrogens (tertiary/aromatic N) is 2. The predicted octanol–water partition coefficient (Wildman–Crippen LogP) is 5.19. The average Bonchev–Trinajstić information content (AvgIpc) is 3.15. The lowest BCUT2D eigenvalue weighted by Crippen LogP contribution is -2.14. The third-order valence-corrected chi connectivity index (χ3v) is 7.15. The van der Waals surface area contributed by atoms with Gasteiger partial charge in [-0.25, -0.2) is 0 Å². The first-order valence-electron chi connectivity index (χ1n) is 8.62. The summed E-state index contributed by atoms with van der Waals surface area (Å²) in [4.78, 5) is 12.2. The van der Waals surface area contributed by atoms with E-state index < -0.39 is 0 Å². The second kappa shape index (κ2) is 9.95. The SMILES string of the molecule is COc1ccc(CSc2nnc(SCC(=O)Nc3ccc(C)cc3C)s2)cc1. The van der Waals surface area contributed by atoms with E-state index in [1.54, 1.807) is 18.9 Å². The molecular weight excluding hydrogens is 410 g/mol. The molecule has 3 rings (SSSR count). The maximum Gasteiger partial charge on any atom is 0.234 e. The Morgan fingerprint density at radius 1 is 1.07 bits per heavy atom. The van der Waals surface area contributed by atoms with Crippen molar-refractivity contribution in [2.75, 3.05) is 18.2 Å². The van der Waals surface area contributed by atoms with Gasteiger partial charge < -0.3 is 10.1 Å². The highest BCUT2D eigenvalue weighted by Crippen LogP contribution is 2.31. The number of rotatable bonds is 8. The summed E-state index contributed by atoms with van der Waals surface area (Å²) < 4.78 is 6.86. The molecule has 0 aliphatic rings. The molecule has 0 fully saturated rings. The van der Waals surface area contributed by atoms with E-state index in [1.807, 2.05) is 50.2 Å².